The molecule has 0 spiro atoms. The lowest BCUT2D eigenvalue weighted by Crippen LogP contribution is -2.22. The smallest absolute Gasteiger partial charge is 0.168 e. The molecule has 1 saturated carbocycles. The van der Waals surface area contributed by atoms with E-state index in [4.69, 9.17) is 4.74 Å². The van der Waals surface area contributed by atoms with Gasteiger partial charge in [-0.2, -0.15) is 0 Å². The first-order valence-corrected chi connectivity index (χ1v) is 6.15. The molecule has 1 aliphatic carbocycles. The van der Waals surface area contributed by atoms with Crippen LogP contribution >= 0.6 is 0 Å². The molecule has 3 nitrogen and oxygen atoms in total. The minimum atomic E-state index is 0.550. The summed E-state index contributed by atoms with van der Waals surface area (Å²) in [4.78, 5) is 4.36. The Morgan fingerprint density at radius 1 is 1.50 bits per heavy atom. The number of nitrogens with zero attached hydrogens (tertiary/aromatic N) is 1. The van der Waals surface area contributed by atoms with Gasteiger partial charge in [-0.15, -0.1) is 0 Å². The molecule has 3 heteroatoms. The number of hydrogen-bond acceptors (Lipinski definition) is 3. The molecule has 2 rings (SSSR count). The summed E-state index contributed by atoms with van der Waals surface area (Å²) in [6, 6.07) is 4.43. The molecule has 0 radical (unpaired) electrons. The van der Waals surface area contributed by atoms with Crippen molar-refractivity contribution in [2.45, 2.75) is 39.2 Å². The highest BCUT2D eigenvalue weighted by Gasteiger charge is 2.24. The van der Waals surface area contributed by atoms with Crippen molar-refractivity contribution in [3.8, 4) is 5.75 Å². The highest BCUT2D eigenvalue weighted by Crippen LogP contribution is 2.30. The van der Waals surface area contributed by atoms with Crippen LogP contribution in [0.25, 0.3) is 0 Å². The second-order valence-corrected chi connectivity index (χ2v) is 4.44. The zero-order chi connectivity index (χ0) is 11.4. The Bertz CT molecular complexity index is 340. The van der Waals surface area contributed by atoms with Crippen molar-refractivity contribution in [2.75, 3.05) is 11.9 Å². The fraction of sp³-hybridized carbons (Fsp3) is 0.615. The van der Waals surface area contributed by atoms with Crippen LogP contribution in [0.5, 0.6) is 5.75 Å². The third kappa shape index (κ3) is 2.46. The van der Waals surface area contributed by atoms with Crippen molar-refractivity contribution < 1.29 is 4.74 Å². The highest BCUT2D eigenvalue weighted by atomic mass is 16.5. The predicted octanol–water partition coefficient (Wildman–Crippen LogP) is 3.08. The van der Waals surface area contributed by atoms with Crippen molar-refractivity contribution >= 4 is 5.82 Å². The zero-order valence-electron chi connectivity index (χ0n) is 10.1. The van der Waals surface area contributed by atoms with E-state index < -0.39 is 0 Å². The summed E-state index contributed by atoms with van der Waals surface area (Å²) >= 11 is 0. The largest absolute Gasteiger partial charge is 0.490 e. The van der Waals surface area contributed by atoms with E-state index in [1.54, 1.807) is 0 Å². The summed E-state index contributed by atoms with van der Waals surface area (Å²) in [5, 5.41) is 3.51. The zero-order valence-corrected chi connectivity index (χ0v) is 10.1. The molecule has 2 unspecified atom stereocenters. The van der Waals surface area contributed by atoms with Gasteiger partial charge < -0.3 is 10.1 Å². The van der Waals surface area contributed by atoms with E-state index in [0.717, 1.165) is 17.5 Å². The van der Waals surface area contributed by atoms with E-state index in [1.165, 1.54) is 19.3 Å². The Morgan fingerprint density at radius 2 is 2.38 bits per heavy atom. The summed E-state index contributed by atoms with van der Waals surface area (Å²) in [5.74, 6) is 2.49. The van der Waals surface area contributed by atoms with E-state index in [2.05, 4.69) is 17.2 Å². The van der Waals surface area contributed by atoms with Crippen molar-refractivity contribution in [2.24, 2.45) is 5.92 Å². The molecule has 2 atom stereocenters. The van der Waals surface area contributed by atoms with E-state index in [0.29, 0.717) is 12.6 Å². The predicted molar refractivity (Wildman–Crippen MR) is 65.8 cm³/mol. The second kappa shape index (κ2) is 5.19. The van der Waals surface area contributed by atoms with Gasteiger partial charge in [0.2, 0.25) is 0 Å². The Hall–Kier alpha value is -1.25. The molecule has 1 heterocycles. The number of rotatable bonds is 4. The summed E-state index contributed by atoms with van der Waals surface area (Å²) < 4.78 is 5.56. The van der Waals surface area contributed by atoms with E-state index >= 15 is 0 Å². The maximum absolute atomic E-state index is 5.56. The van der Waals surface area contributed by atoms with Crippen LogP contribution < -0.4 is 10.1 Å². The van der Waals surface area contributed by atoms with Crippen LogP contribution in [-0.2, 0) is 0 Å². The van der Waals surface area contributed by atoms with Crippen molar-refractivity contribution in [3.05, 3.63) is 18.3 Å². The highest BCUT2D eigenvalue weighted by molar-refractivity contribution is 5.50. The molecule has 0 aliphatic heterocycles. The number of anilines is 1. The molecule has 0 saturated heterocycles. The Labute approximate surface area is 97.2 Å². The van der Waals surface area contributed by atoms with Crippen LogP contribution in [0.15, 0.2) is 18.3 Å². The first-order chi connectivity index (χ1) is 7.81. The monoisotopic (exact) mass is 220 g/mol. The van der Waals surface area contributed by atoms with Gasteiger partial charge in [0.05, 0.1) is 6.61 Å². The number of aromatic nitrogens is 1. The van der Waals surface area contributed by atoms with Gasteiger partial charge in [-0.05, 0) is 37.8 Å². The molecular formula is C13H20N2O. The Balaban J connectivity index is 2.07. The summed E-state index contributed by atoms with van der Waals surface area (Å²) in [5.41, 5.74) is 0. The van der Waals surface area contributed by atoms with Gasteiger partial charge in [0.1, 0.15) is 0 Å². The lowest BCUT2D eigenvalue weighted by atomic mass is 10.1. The molecule has 1 N–H and O–H groups in total. The van der Waals surface area contributed by atoms with E-state index in [9.17, 15) is 0 Å². The Kier molecular flexibility index (Phi) is 3.65. The van der Waals surface area contributed by atoms with Crippen LogP contribution in [0.1, 0.15) is 33.1 Å². The average Bonchev–Trinajstić information content (AvgIpc) is 2.68. The topological polar surface area (TPSA) is 34.1 Å². The quantitative estimate of drug-likeness (QED) is 0.846. The number of nitrogens with one attached hydrogen (secondary N) is 1. The van der Waals surface area contributed by atoms with Crippen molar-refractivity contribution in [3.63, 3.8) is 0 Å². The molecule has 1 fully saturated rings. The van der Waals surface area contributed by atoms with Crippen molar-refractivity contribution in [1.29, 1.82) is 0 Å². The van der Waals surface area contributed by atoms with Crippen LogP contribution in [0, 0.1) is 5.92 Å². The van der Waals surface area contributed by atoms with Gasteiger partial charge in [-0.25, -0.2) is 4.98 Å². The minimum absolute atomic E-state index is 0.550. The van der Waals surface area contributed by atoms with E-state index in [1.807, 2.05) is 25.3 Å². The molecule has 88 valence electrons. The van der Waals surface area contributed by atoms with Gasteiger partial charge in [-0.1, -0.05) is 13.3 Å². The normalized spacial score (nSPS) is 24.4. The lowest BCUT2D eigenvalue weighted by Gasteiger charge is -2.19. The summed E-state index contributed by atoms with van der Waals surface area (Å²) in [6.07, 6.45) is 5.68. The van der Waals surface area contributed by atoms with Crippen LogP contribution in [-0.4, -0.2) is 17.6 Å². The number of ether oxygens (including phenoxy) is 1. The maximum atomic E-state index is 5.56. The third-order valence-electron chi connectivity index (χ3n) is 3.25. The van der Waals surface area contributed by atoms with Crippen LogP contribution in [0.3, 0.4) is 0 Å². The summed E-state index contributed by atoms with van der Waals surface area (Å²) in [7, 11) is 0. The molecule has 1 aromatic rings. The van der Waals surface area contributed by atoms with Gasteiger partial charge in [0, 0.05) is 12.2 Å². The fourth-order valence-electron chi connectivity index (χ4n) is 2.31. The average molecular weight is 220 g/mol. The minimum Gasteiger partial charge on any atom is -0.490 e. The second-order valence-electron chi connectivity index (χ2n) is 4.44. The van der Waals surface area contributed by atoms with Gasteiger partial charge in [0.25, 0.3) is 0 Å². The first kappa shape index (κ1) is 11.2. The lowest BCUT2D eigenvalue weighted by molar-refractivity contribution is 0.340. The molecule has 16 heavy (non-hydrogen) atoms. The number of pyridine rings is 1. The molecule has 0 aromatic carbocycles. The maximum Gasteiger partial charge on any atom is 0.168 e. The molecule has 0 amide bonds. The van der Waals surface area contributed by atoms with E-state index in [-0.39, 0.29) is 0 Å². The van der Waals surface area contributed by atoms with Crippen molar-refractivity contribution in [1.82, 2.24) is 4.98 Å². The van der Waals surface area contributed by atoms with Gasteiger partial charge in [0.15, 0.2) is 11.6 Å². The molecular weight excluding hydrogens is 200 g/mol. The first-order valence-electron chi connectivity index (χ1n) is 6.15. The summed E-state index contributed by atoms with van der Waals surface area (Å²) in [6.45, 7) is 4.98. The van der Waals surface area contributed by atoms with Gasteiger partial charge >= 0.3 is 0 Å². The SMILES string of the molecule is CCOc1cccnc1NC1CCCC1C. The molecule has 1 aromatic heterocycles. The Morgan fingerprint density at radius 3 is 3.06 bits per heavy atom. The fourth-order valence-corrected chi connectivity index (χ4v) is 2.31. The molecule has 0 bridgehead atoms. The van der Waals surface area contributed by atoms with Gasteiger partial charge in [-0.3, -0.25) is 0 Å². The number of hydrogen-bond donors (Lipinski definition) is 1. The standard InChI is InChI=1S/C13H20N2O/c1-3-16-12-8-5-9-14-13(12)15-11-7-4-6-10(11)2/h5,8-11H,3-4,6-7H2,1-2H3,(H,14,15). The van der Waals surface area contributed by atoms with Crippen LogP contribution in [0.4, 0.5) is 5.82 Å². The molecule has 1 aliphatic rings. The third-order valence-corrected chi connectivity index (χ3v) is 3.25. The van der Waals surface area contributed by atoms with Crippen LogP contribution in [0.2, 0.25) is 0 Å².